The normalized spacial score (nSPS) is 22.5. The second-order valence-electron chi connectivity index (χ2n) is 4.55. The Hall–Kier alpha value is -0.920. The fourth-order valence-electron chi connectivity index (χ4n) is 2.13. The Bertz CT molecular complexity index is 564. The third kappa shape index (κ3) is 3.55. The van der Waals surface area contributed by atoms with Gasteiger partial charge in [-0.2, -0.15) is 0 Å². The lowest BCUT2D eigenvalue weighted by Crippen LogP contribution is -2.47. The maximum absolute atomic E-state index is 11.6. The Balaban J connectivity index is 2.26. The van der Waals surface area contributed by atoms with Crippen LogP contribution >= 0.6 is 11.6 Å². The Labute approximate surface area is 117 Å². The van der Waals surface area contributed by atoms with Crippen LogP contribution < -0.4 is 4.90 Å². The minimum atomic E-state index is -2.95. The van der Waals surface area contributed by atoms with Gasteiger partial charge in [-0.05, 0) is 6.92 Å². The smallest absolute Gasteiger partial charge is 0.158 e. The molecule has 0 radical (unpaired) electrons. The predicted octanol–water partition coefficient (Wildman–Crippen LogP) is 0.900. The molecular weight excluding hydrogens is 290 g/mol. The zero-order chi connectivity index (χ0) is 14.0. The topological polar surface area (TPSA) is 72.4 Å². The lowest BCUT2D eigenvalue weighted by Gasteiger charge is -2.34. The Kier molecular flexibility index (Phi) is 4.27. The van der Waals surface area contributed by atoms with Gasteiger partial charge in [0.15, 0.2) is 15.7 Å². The molecule has 6 nitrogen and oxygen atoms in total. The molecule has 1 aliphatic heterocycles. The summed E-state index contributed by atoms with van der Waals surface area (Å²) in [7, 11) is -1.39. The van der Waals surface area contributed by atoms with E-state index < -0.39 is 9.84 Å². The lowest BCUT2D eigenvalue weighted by molar-refractivity contribution is 0.178. The summed E-state index contributed by atoms with van der Waals surface area (Å²) in [6, 6.07) is 1.52. The molecule has 8 heteroatoms. The first-order chi connectivity index (χ1) is 8.91. The molecular formula is C11H16ClN3O3S. The molecule has 0 bridgehead atoms. The van der Waals surface area contributed by atoms with Crippen LogP contribution in [0.4, 0.5) is 5.82 Å². The van der Waals surface area contributed by atoms with E-state index in [9.17, 15) is 8.42 Å². The fraction of sp³-hybridized carbons (Fsp3) is 0.636. The van der Waals surface area contributed by atoms with E-state index in [1.54, 1.807) is 13.2 Å². The molecule has 0 aromatic carbocycles. The monoisotopic (exact) mass is 305 g/mol. The third-order valence-corrected chi connectivity index (χ3v) is 4.95. The quantitative estimate of drug-likeness (QED) is 0.773. The second kappa shape index (κ2) is 5.60. The van der Waals surface area contributed by atoms with Crippen molar-refractivity contribution in [2.45, 2.75) is 19.6 Å². The van der Waals surface area contributed by atoms with E-state index >= 15 is 0 Å². The minimum absolute atomic E-state index is 0.125. The molecule has 1 unspecified atom stereocenters. The molecule has 0 N–H and O–H groups in total. The second-order valence-corrected chi connectivity index (χ2v) is 7.17. The van der Waals surface area contributed by atoms with Gasteiger partial charge in [-0.15, -0.1) is 0 Å². The molecule has 0 spiro atoms. The first-order valence-corrected chi connectivity index (χ1v) is 8.10. The maximum Gasteiger partial charge on any atom is 0.158 e. The Morgan fingerprint density at radius 1 is 1.53 bits per heavy atom. The van der Waals surface area contributed by atoms with Crippen molar-refractivity contribution in [1.29, 1.82) is 0 Å². The summed E-state index contributed by atoms with van der Waals surface area (Å²) in [5.41, 5.74) is 0. The van der Waals surface area contributed by atoms with E-state index in [0.717, 1.165) is 0 Å². The molecule has 2 rings (SSSR count). The number of halogens is 1. The Morgan fingerprint density at radius 2 is 2.26 bits per heavy atom. The molecule has 1 aliphatic rings. The average Bonchev–Trinajstić information content (AvgIpc) is 2.27. The zero-order valence-corrected chi connectivity index (χ0v) is 12.4. The van der Waals surface area contributed by atoms with Crippen LogP contribution in [0.15, 0.2) is 6.07 Å². The van der Waals surface area contributed by atoms with Crippen LogP contribution in [0.3, 0.4) is 0 Å². The van der Waals surface area contributed by atoms with Gasteiger partial charge in [0.1, 0.15) is 17.6 Å². The standard InChI is InChI=1S/C11H16ClN3O3S/c1-8-7-19(16,17)4-3-15(8)11-5-9(12)13-10(14-11)6-18-2/h5,8H,3-4,6-7H2,1-2H3. The van der Waals surface area contributed by atoms with Gasteiger partial charge in [0.05, 0.1) is 11.5 Å². The number of anilines is 1. The van der Waals surface area contributed by atoms with Crippen molar-refractivity contribution in [1.82, 2.24) is 9.97 Å². The van der Waals surface area contributed by atoms with Crippen molar-refractivity contribution in [3.05, 3.63) is 17.0 Å². The van der Waals surface area contributed by atoms with Crippen LogP contribution in [0.25, 0.3) is 0 Å². The van der Waals surface area contributed by atoms with E-state index in [4.69, 9.17) is 16.3 Å². The lowest BCUT2D eigenvalue weighted by atomic mass is 10.3. The number of hydrogen-bond donors (Lipinski definition) is 0. The summed E-state index contributed by atoms with van der Waals surface area (Å²) in [5, 5.41) is 0.331. The predicted molar refractivity (Wildman–Crippen MR) is 73.2 cm³/mol. The van der Waals surface area contributed by atoms with Crippen LogP contribution in [-0.4, -0.2) is 49.6 Å². The highest BCUT2D eigenvalue weighted by atomic mass is 35.5. The number of ether oxygens (including phenoxy) is 1. The number of nitrogens with zero attached hydrogens (tertiary/aromatic N) is 3. The average molecular weight is 306 g/mol. The SMILES string of the molecule is COCc1nc(Cl)cc(N2CCS(=O)(=O)CC2C)n1. The first-order valence-electron chi connectivity index (χ1n) is 5.91. The highest BCUT2D eigenvalue weighted by molar-refractivity contribution is 7.91. The molecule has 1 aromatic heterocycles. The van der Waals surface area contributed by atoms with Crippen molar-refractivity contribution >= 4 is 27.3 Å². The van der Waals surface area contributed by atoms with Crippen LogP contribution in [0, 0.1) is 0 Å². The van der Waals surface area contributed by atoms with Crippen molar-refractivity contribution < 1.29 is 13.2 Å². The molecule has 1 aromatic rings. The van der Waals surface area contributed by atoms with E-state index in [1.165, 1.54) is 0 Å². The molecule has 1 saturated heterocycles. The largest absolute Gasteiger partial charge is 0.377 e. The highest BCUT2D eigenvalue weighted by Crippen LogP contribution is 2.22. The maximum atomic E-state index is 11.6. The van der Waals surface area contributed by atoms with Gasteiger partial charge >= 0.3 is 0 Å². The van der Waals surface area contributed by atoms with Gasteiger partial charge in [-0.1, -0.05) is 11.6 Å². The summed E-state index contributed by atoms with van der Waals surface area (Å²) < 4.78 is 28.1. The van der Waals surface area contributed by atoms with Crippen LogP contribution in [-0.2, 0) is 21.2 Å². The molecule has 0 saturated carbocycles. The van der Waals surface area contributed by atoms with Crippen molar-refractivity contribution in [3.8, 4) is 0 Å². The van der Waals surface area contributed by atoms with Gasteiger partial charge in [-0.3, -0.25) is 0 Å². The van der Waals surface area contributed by atoms with Gasteiger partial charge in [-0.25, -0.2) is 18.4 Å². The van der Waals surface area contributed by atoms with Crippen molar-refractivity contribution in [2.24, 2.45) is 0 Å². The molecule has 1 fully saturated rings. The molecule has 19 heavy (non-hydrogen) atoms. The van der Waals surface area contributed by atoms with Crippen molar-refractivity contribution in [2.75, 3.05) is 30.1 Å². The Morgan fingerprint density at radius 3 is 2.89 bits per heavy atom. The molecule has 1 atom stereocenters. The number of aromatic nitrogens is 2. The van der Waals surface area contributed by atoms with E-state index in [2.05, 4.69) is 9.97 Å². The summed E-state index contributed by atoms with van der Waals surface area (Å²) in [5.74, 6) is 1.41. The number of sulfone groups is 1. The highest BCUT2D eigenvalue weighted by Gasteiger charge is 2.29. The van der Waals surface area contributed by atoms with Gasteiger partial charge < -0.3 is 9.64 Å². The van der Waals surface area contributed by atoms with Gasteiger partial charge in [0.2, 0.25) is 0 Å². The molecule has 2 heterocycles. The van der Waals surface area contributed by atoms with E-state index in [0.29, 0.717) is 23.3 Å². The van der Waals surface area contributed by atoms with E-state index in [1.807, 2.05) is 11.8 Å². The number of methoxy groups -OCH3 is 1. The summed E-state index contributed by atoms with van der Waals surface area (Å²) >= 11 is 5.96. The number of hydrogen-bond acceptors (Lipinski definition) is 6. The zero-order valence-electron chi connectivity index (χ0n) is 10.8. The molecule has 0 amide bonds. The van der Waals surface area contributed by atoms with Crippen LogP contribution in [0.2, 0.25) is 5.15 Å². The van der Waals surface area contributed by atoms with Crippen LogP contribution in [0.5, 0.6) is 0 Å². The third-order valence-electron chi connectivity index (χ3n) is 2.97. The van der Waals surface area contributed by atoms with Crippen molar-refractivity contribution in [3.63, 3.8) is 0 Å². The minimum Gasteiger partial charge on any atom is -0.377 e. The molecule has 106 valence electrons. The van der Waals surface area contributed by atoms with E-state index in [-0.39, 0.29) is 24.2 Å². The fourth-order valence-corrected chi connectivity index (χ4v) is 3.88. The van der Waals surface area contributed by atoms with Gasteiger partial charge in [0, 0.05) is 25.8 Å². The van der Waals surface area contributed by atoms with Gasteiger partial charge in [0.25, 0.3) is 0 Å². The number of rotatable bonds is 3. The van der Waals surface area contributed by atoms with Crippen LogP contribution in [0.1, 0.15) is 12.7 Å². The summed E-state index contributed by atoms with van der Waals surface area (Å²) in [6.07, 6.45) is 0. The summed E-state index contributed by atoms with van der Waals surface area (Å²) in [6.45, 7) is 2.56. The molecule has 0 aliphatic carbocycles. The summed E-state index contributed by atoms with van der Waals surface area (Å²) in [4.78, 5) is 10.4. The first kappa shape index (κ1) is 14.5.